The lowest BCUT2D eigenvalue weighted by Gasteiger charge is -2.33. The molecular formula is C28H24N2O4. The normalized spacial score (nSPS) is 16.6. The van der Waals surface area contributed by atoms with E-state index in [4.69, 9.17) is 24.7 Å². The van der Waals surface area contributed by atoms with Crippen molar-refractivity contribution in [1.82, 2.24) is 0 Å². The zero-order chi connectivity index (χ0) is 23.8. The predicted octanol–water partition coefficient (Wildman–Crippen LogP) is 5.29. The van der Waals surface area contributed by atoms with Crippen LogP contribution in [0.3, 0.4) is 0 Å². The van der Waals surface area contributed by atoms with Gasteiger partial charge in [-0.1, -0.05) is 30.3 Å². The minimum Gasteiger partial charge on any atom is -0.497 e. The number of hydrogen-bond acceptors (Lipinski definition) is 6. The molecule has 3 aromatic carbocycles. The number of rotatable bonds is 4. The summed E-state index contributed by atoms with van der Waals surface area (Å²) in [5.41, 5.74) is 12.3. The number of aryl methyl sites for hydroxylation is 1. The molecule has 0 radical (unpaired) electrons. The van der Waals surface area contributed by atoms with E-state index in [2.05, 4.69) is 31.2 Å². The van der Waals surface area contributed by atoms with Crippen LogP contribution in [0.15, 0.2) is 77.7 Å². The van der Waals surface area contributed by atoms with E-state index in [1.165, 1.54) is 0 Å². The van der Waals surface area contributed by atoms with Crippen molar-refractivity contribution in [3.63, 3.8) is 0 Å². The fourth-order valence-corrected chi connectivity index (χ4v) is 4.63. The highest BCUT2D eigenvalue weighted by atomic mass is 16.5. The molecule has 1 unspecified atom stereocenters. The summed E-state index contributed by atoms with van der Waals surface area (Å²) in [4.78, 5) is 0. The molecule has 0 amide bonds. The molecule has 1 atom stereocenters. The zero-order valence-corrected chi connectivity index (χ0v) is 19.2. The van der Waals surface area contributed by atoms with Crippen LogP contribution in [0, 0.1) is 18.3 Å². The van der Waals surface area contributed by atoms with Gasteiger partial charge < -0.3 is 24.7 Å². The predicted molar refractivity (Wildman–Crippen MR) is 129 cm³/mol. The highest BCUT2D eigenvalue weighted by Gasteiger charge is 2.37. The van der Waals surface area contributed by atoms with Crippen LogP contribution in [-0.2, 0) is 4.74 Å². The quantitative estimate of drug-likeness (QED) is 0.579. The van der Waals surface area contributed by atoms with Crippen molar-refractivity contribution < 1.29 is 18.9 Å². The Morgan fingerprint density at radius 3 is 2.53 bits per heavy atom. The minimum atomic E-state index is -0.415. The molecule has 0 fully saturated rings. The van der Waals surface area contributed by atoms with Crippen LogP contribution >= 0.6 is 0 Å². The summed E-state index contributed by atoms with van der Waals surface area (Å²) in [6.45, 7) is 2.35. The fraction of sp³-hybridized carbons (Fsp3) is 0.179. The highest BCUT2D eigenvalue weighted by Crippen LogP contribution is 2.48. The topological polar surface area (TPSA) is 86.7 Å². The monoisotopic (exact) mass is 452 g/mol. The van der Waals surface area contributed by atoms with E-state index < -0.39 is 5.92 Å². The number of nitrogens with zero attached hydrogens (tertiary/aromatic N) is 1. The van der Waals surface area contributed by atoms with Crippen LogP contribution in [0.4, 0.5) is 0 Å². The van der Waals surface area contributed by atoms with E-state index in [0.29, 0.717) is 22.8 Å². The third kappa shape index (κ3) is 3.43. The second kappa shape index (κ2) is 8.53. The molecule has 0 aliphatic carbocycles. The van der Waals surface area contributed by atoms with E-state index >= 15 is 0 Å². The Bertz CT molecular complexity index is 1400. The first kappa shape index (κ1) is 21.5. The van der Waals surface area contributed by atoms with Crippen LogP contribution in [0.25, 0.3) is 16.9 Å². The first-order chi connectivity index (χ1) is 16.5. The van der Waals surface area contributed by atoms with Gasteiger partial charge in [0, 0.05) is 11.1 Å². The summed E-state index contributed by atoms with van der Waals surface area (Å²) in [7, 11) is 3.27. The lowest BCUT2D eigenvalue weighted by molar-refractivity contribution is 0.293. The molecule has 0 saturated heterocycles. The van der Waals surface area contributed by atoms with Gasteiger partial charge in [0.1, 0.15) is 41.3 Å². The number of methoxy groups -OCH3 is 2. The van der Waals surface area contributed by atoms with Crippen molar-refractivity contribution >= 4 is 5.76 Å². The van der Waals surface area contributed by atoms with Gasteiger partial charge in [-0.3, -0.25) is 0 Å². The third-order valence-corrected chi connectivity index (χ3v) is 6.33. The van der Waals surface area contributed by atoms with E-state index in [9.17, 15) is 5.26 Å². The maximum absolute atomic E-state index is 10.0. The minimum absolute atomic E-state index is 0.0928. The molecule has 2 aliphatic rings. The van der Waals surface area contributed by atoms with Crippen LogP contribution < -0.4 is 19.9 Å². The van der Waals surface area contributed by atoms with Crippen LogP contribution in [-0.4, -0.2) is 20.8 Å². The number of benzene rings is 3. The number of ether oxygens (including phenoxy) is 4. The van der Waals surface area contributed by atoms with Gasteiger partial charge in [0.25, 0.3) is 0 Å². The SMILES string of the molecule is COc1ccc2c(c1)C1=C(CO2)C(c2ccc(OC)c(-c3ccccc3C)c2)C(C#N)=C(N)O1. The Labute approximate surface area is 198 Å². The number of hydrogen-bond donors (Lipinski definition) is 1. The first-order valence-corrected chi connectivity index (χ1v) is 10.9. The van der Waals surface area contributed by atoms with Crippen molar-refractivity contribution in [2.45, 2.75) is 12.8 Å². The van der Waals surface area contributed by atoms with Gasteiger partial charge in [-0.15, -0.1) is 0 Å². The van der Waals surface area contributed by atoms with Crippen LogP contribution in [0.2, 0.25) is 0 Å². The van der Waals surface area contributed by atoms with Crippen LogP contribution in [0.5, 0.6) is 17.2 Å². The molecule has 2 N–H and O–H groups in total. The van der Waals surface area contributed by atoms with E-state index in [1.54, 1.807) is 14.2 Å². The standard InChI is InChI=1S/C28H24N2O4/c1-16-6-4-5-7-19(16)20-12-17(8-10-24(20)32-3)26-22(14-29)28(30)34-27-21-13-18(31-2)9-11-25(21)33-15-23(26)27/h4-13,26H,15,30H2,1-3H3. The summed E-state index contributed by atoms with van der Waals surface area (Å²) in [6.07, 6.45) is 0. The molecule has 0 aromatic heterocycles. The molecule has 0 bridgehead atoms. The Hall–Kier alpha value is -4.37. The average molecular weight is 453 g/mol. The average Bonchev–Trinajstić information content (AvgIpc) is 2.87. The zero-order valence-electron chi connectivity index (χ0n) is 19.2. The molecular weight excluding hydrogens is 428 g/mol. The summed E-state index contributed by atoms with van der Waals surface area (Å²) in [6, 6.07) is 21.9. The van der Waals surface area contributed by atoms with Gasteiger partial charge in [-0.05, 0) is 53.9 Å². The Morgan fingerprint density at radius 2 is 1.79 bits per heavy atom. The summed E-state index contributed by atoms with van der Waals surface area (Å²) >= 11 is 0. The summed E-state index contributed by atoms with van der Waals surface area (Å²) < 4.78 is 23.1. The van der Waals surface area contributed by atoms with Crippen LogP contribution in [0.1, 0.15) is 22.6 Å². The molecule has 3 aromatic rings. The second-order valence-corrected chi connectivity index (χ2v) is 8.20. The summed E-state index contributed by atoms with van der Waals surface area (Å²) in [5, 5.41) is 10.0. The Morgan fingerprint density at radius 1 is 0.971 bits per heavy atom. The largest absolute Gasteiger partial charge is 0.497 e. The van der Waals surface area contributed by atoms with Gasteiger partial charge in [-0.25, -0.2) is 0 Å². The fourth-order valence-electron chi connectivity index (χ4n) is 4.63. The number of nitriles is 1. The van der Waals surface area contributed by atoms with Crippen molar-refractivity contribution in [3.05, 3.63) is 94.4 Å². The van der Waals surface area contributed by atoms with Gasteiger partial charge >= 0.3 is 0 Å². The van der Waals surface area contributed by atoms with Crippen molar-refractivity contribution in [1.29, 1.82) is 5.26 Å². The molecule has 170 valence electrons. The molecule has 2 aliphatic heterocycles. The molecule has 6 heteroatoms. The number of allylic oxidation sites excluding steroid dienone is 1. The highest BCUT2D eigenvalue weighted by molar-refractivity contribution is 5.78. The molecule has 0 saturated carbocycles. The molecule has 0 spiro atoms. The van der Waals surface area contributed by atoms with Crippen molar-refractivity contribution in [2.24, 2.45) is 5.73 Å². The van der Waals surface area contributed by atoms with Crippen molar-refractivity contribution in [3.8, 4) is 34.4 Å². The van der Waals surface area contributed by atoms with Gasteiger partial charge in [0.2, 0.25) is 5.88 Å². The van der Waals surface area contributed by atoms with Crippen molar-refractivity contribution in [2.75, 3.05) is 20.8 Å². The van der Waals surface area contributed by atoms with E-state index in [-0.39, 0.29) is 12.5 Å². The van der Waals surface area contributed by atoms with Gasteiger partial charge in [0.05, 0.1) is 25.7 Å². The first-order valence-electron chi connectivity index (χ1n) is 10.9. The Kier molecular flexibility index (Phi) is 5.39. The Balaban J connectivity index is 1.71. The van der Waals surface area contributed by atoms with Gasteiger partial charge in [-0.2, -0.15) is 5.26 Å². The van der Waals surface area contributed by atoms with E-state index in [0.717, 1.165) is 39.1 Å². The number of nitrogens with two attached hydrogens (primary N) is 1. The molecule has 34 heavy (non-hydrogen) atoms. The van der Waals surface area contributed by atoms with E-state index in [1.807, 2.05) is 42.5 Å². The maximum atomic E-state index is 10.0. The smallest absolute Gasteiger partial charge is 0.205 e. The molecule has 5 rings (SSSR count). The molecule has 2 heterocycles. The van der Waals surface area contributed by atoms with Gasteiger partial charge in [0.15, 0.2) is 0 Å². The summed E-state index contributed by atoms with van der Waals surface area (Å²) in [5.74, 6) is 2.40. The maximum Gasteiger partial charge on any atom is 0.205 e. The lowest BCUT2D eigenvalue weighted by atomic mass is 9.80. The number of fused-ring (bicyclic) bond motifs is 2. The second-order valence-electron chi connectivity index (χ2n) is 8.20. The molecule has 6 nitrogen and oxygen atoms in total. The lowest BCUT2D eigenvalue weighted by Crippen LogP contribution is -2.26. The third-order valence-electron chi connectivity index (χ3n) is 6.33.